The minimum Gasteiger partial charge on any atom is -0.482 e. The van der Waals surface area contributed by atoms with Crippen LogP contribution in [0, 0.1) is 0 Å². The third kappa shape index (κ3) is 5.60. The van der Waals surface area contributed by atoms with Crippen molar-refractivity contribution in [1.29, 1.82) is 0 Å². The minimum atomic E-state index is -1.04. The van der Waals surface area contributed by atoms with Crippen LogP contribution in [0.3, 0.4) is 0 Å². The fourth-order valence-corrected chi connectivity index (χ4v) is 2.14. The molecule has 1 amide bonds. The zero-order valence-corrected chi connectivity index (χ0v) is 14.6. The van der Waals surface area contributed by atoms with Gasteiger partial charge in [-0.1, -0.05) is 39.0 Å². The highest BCUT2D eigenvalue weighted by Gasteiger charge is 2.15. The number of ether oxygens (including phenoxy) is 1. The number of carbonyl (C=O) groups is 2. The topological polar surface area (TPSA) is 88.5 Å². The molecule has 2 aromatic rings. The molecule has 1 aromatic carbocycles. The van der Waals surface area contributed by atoms with Crippen molar-refractivity contribution in [2.24, 2.45) is 0 Å². The fraction of sp³-hybridized carbons (Fsp3) is 0.316. The number of carboxylic acids is 1. The Labute approximate surface area is 146 Å². The van der Waals surface area contributed by atoms with E-state index in [1.165, 1.54) is 0 Å². The molecule has 6 heteroatoms. The molecule has 1 heterocycles. The van der Waals surface area contributed by atoms with E-state index in [2.05, 4.69) is 31.1 Å². The standard InChI is InChI=1S/C19H22N2O4/c1-19(2,3)14-7-8-16(20-11-14)18(24)21-10-13-5-4-6-15(9-13)25-12-17(22)23/h4-9,11H,10,12H2,1-3H3,(H,21,24)(H,22,23). The van der Waals surface area contributed by atoms with Crippen LogP contribution in [0.4, 0.5) is 0 Å². The van der Waals surface area contributed by atoms with Crippen molar-refractivity contribution in [2.45, 2.75) is 32.7 Å². The molecule has 132 valence electrons. The summed E-state index contributed by atoms with van der Waals surface area (Å²) in [5.41, 5.74) is 2.21. The summed E-state index contributed by atoms with van der Waals surface area (Å²) in [4.78, 5) is 26.9. The number of amides is 1. The molecule has 0 atom stereocenters. The van der Waals surface area contributed by atoms with Crippen LogP contribution >= 0.6 is 0 Å². The van der Waals surface area contributed by atoms with E-state index in [0.29, 0.717) is 18.0 Å². The molecule has 0 unspecified atom stereocenters. The summed E-state index contributed by atoms with van der Waals surface area (Å²) in [7, 11) is 0. The summed E-state index contributed by atoms with van der Waals surface area (Å²) >= 11 is 0. The number of carbonyl (C=O) groups excluding carboxylic acids is 1. The first kappa shape index (κ1) is 18.4. The predicted octanol–water partition coefficient (Wildman–Crippen LogP) is 2.77. The van der Waals surface area contributed by atoms with Crippen LogP contribution in [0.15, 0.2) is 42.6 Å². The van der Waals surface area contributed by atoms with E-state index in [4.69, 9.17) is 9.84 Å². The average molecular weight is 342 g/mol. The lowest BCUT2D eigenvalue weighted by Gasteiger charge is -2.18. The molecule has 0 radical (unpaired) electrons. The van der Waals surface area contributed by atoms with E-state index in [0.717, 1.165) is 11.1 Å². The van der Waals surface area contributed by atoms with Crippen LogP contribution in [-0.4, -0.2) is 28.6 Å². The zero-order chi connectivity index (χ0) is 18.4. The minimum absolute atomic E-state index is 0.0155. The highest BCUT2D eigenvalue weighted by Crippen LogP contribution is 2.21. The van der Waals surface area contributed by atoms with Gasteiger partial charge in [0.1, 0.15) is 11.4 Å². The van der Waals surface area contributed by atoms with E-state index in [-0.39, 0.29) is 11.3 Å². The van der Waals surface area contributed by atoms with Crippen molar-refractivity contribution in [2.75, 3.05) is 6.61 Å². The summed E-state index contributed by atoms with van der Waals surface area (Å²) in [6.07, 6.45) is 1.72. The first-order chi connectivity index (χ1) is 11.8. The maximum absolute atomic E-state index is 12.2. The van der Waals surface area contributed by atoms with E-state index < -0.39 is 12.6 Å². The number of hydrogen-bond donors (Lipinski definition) is 2. The summed E-state index contributed by atoms with van der Waals surface area (Å²) in [6, 6.07) is 10.5. The number of nitrogens with one attached hydrogen (secondary N) is 1. The molecule has 1 aromatic heterocycles. The van der Waals surface area contributed by atoms with Crippen LogP contribution in [0.5, 0.6) is 5.75 Å². The molecule has 0 spiro atoms. The Morgan fingerprint density at radius 3 is 2.56 bits per heavy atom. The van der Waals surface area contributed by atoms with Crippen molar-refractivity contribution in [3.05, 3.63) is 59.4 Å². The van der Waals surface area contributed by atoms with Gasteiger partial charge in [0.05, 0.1) is 0 Å². The van der Waals surface area contributed by atoms with E-state index >= 15 is 0 Å². The molecule has 2 N–H and O–H groups in total. The average Bonchev–Trinajstić information content (AvgIpc) is 2.57. The quantitative estimate of drug-likeness (QED) is 0.843. The molecule has 0 fully saturated rings. The second-order valence-corrected chi connectivity index (χ2v) is 6.69. The molecule has 0 aliphatic carbocycles. The molecule has 2 rings (SSSR count). The second kappa shape index (κ2) is 7.79. The van der Waals surface area contributed by atoms with Gasteiger partial charge in [0.2, 0.25) is 0 Å². The molecule has 25 heavy (non-hydrogen) atoms. The monoisotopic (exact) mass is 342 g/mol. The number of carboxylic acid groups (broad SMARTS) is 1. The van der Waals surface area contributed by atoms with Crippen LogP contribution < -0.4 is 10.1 Å². The number of aliphatic carboxylic acids is 1. The lowest BCUT2D eigenvalue weighted by molar-refractivity contribution is -0.139. The summed E-state index contributed by atoms with van der Waals surface area (Å²) in [6.45, 7) is 6.15. The highest BCUT2D eigenvalue weighted by molar-refractivity contribution is 5.92. The Bertz CT molecular complexity index is 749. The van der Waals surface area contributed by atoms with Gasteiger partial charge in [-0.15, -0.1) is 0 Å². The van der Waals surface area contributed by atoms with Gasteiger partial charge in [0.25, 0.3) is 5.91 Å². The van der Waals surface area contributed by atoms with Crippen molar-refractivity contribution >= 4 is 11.9 Å². The normalized spacial score (nSPS) is 11.0. The fourth-order valence-electron chi connectivity index (χ4n) is 2.14. The summed E-state index contributed by atoms with van der Waals surface area (Å²) < 4.78 is 5.12. The zero-order valence-electron chi connectivity index (χ0n) is 14.6. The largest absolute Gasteiger partial charge is 0.482 e. The molecule has 0 aliphatic heterocycles. The number of aromatic nitrogens is 1. The Kier molecular flexibility index (Phi) is 5.75. The SMILES string of the molecule is CC(C)(C)c1ccc(C(=O)NCc2cccc(OCC(=O)O)c2)nc1. The highest BCUT2D eigenvalue weighted by atomic mass is 16.5. The first-order valence-electron chi connectivity index (χ1n) is 7.94. The lowest BCUT2D eigenvalue weighted by atomic mass is 9.88. The Hall–Kier alpha value is -2.89. The molecular formula is C19H22N2O4. The maximum atomic E-state index is 12.2. The lowest BCUT2D eigenvalue weighted by Crippen LogP contribution is -2.24. The van der Waals surface area contributed by atoms with Gasteiger partial charge in [-0.25, -0.2) is 4.79 Å². The van der Waals surface area contributed by atoms with Crippen molar-refractivity contribution in [3.63, 3.8) is 0 Å². The van der Waals surface area contributed by atoms with Gasteiger partial charge in [-0.2, -0.15) is 0 Å². The Balaban J connectivity index is 1.95. The number of nitrogens with zero attached hydrogens (tertiary/aromatic N) is 1. The Morgan fingerprint density at radius 1 is 1.20 bits per heavy atom. The molecule has 0 aliphatic rings. The van der Waals surface area contributed by atoms with Gasteiger partial charge >= 0.3 is 5.97 Å². The maximum Gasteiger partial charge on any atom is 0.341 e. The van der Waals surface area contributed by atoms with Gasteiger partial charge in [-0.05, 0) is 34.7 Å². The van der Waals surface area contributed by atoms with Gasteiger partial charge in [0, 0.05) is 12.7 Å². The van der Waals surface area contributed by atoms with Crippen molar-refractivity contribution in [3.8, 4) is 5.75 Å². The number of benzene rings is 1. The Morgan fingerprint density at radius 2 is 1.96 bits per heavy atom. The number of hydrogen-bond acceptors (Lipinski definition) is 4. The number of pyridine rings is 1. The van der Waals surface area contributed by atoms with Gasteiger partial charge < -0.3 is 15.2 Å². The third-order valence-corrected chi connectivity index (χ3v) is 3.58. The van der Waals surface area contributed by atoms with Crippen molar-refractivity contribution in [1.82, 2.24) is 10.3 Å². The molecule has 0 saturated heterocycles. The predicted molar refractivity (Wildman–Crippen MR) is 93.7 cm³/mol. The molecule has 6 nitrogen and oxygen atoms in total. The smallest absolute Gasteiger partial charge is 0.341 e. The van der Waals surface area contributed by atoms with Crippen LogP contribution in [0.25, 0.3) is 0 Å². The van der Waals surface area contributed by atoms with Gasteiger partial charge in [-0.3, -0.25) is 9.78 Å². The summed E-state index contributed by atoms with van der Waals surface area (Å²) in [5, 5.41) is 11.4. The van der Waals surface area contributed by atoms with Crippen LogP contribution in [0.2, 0.25) is 0 Å². The molecular weight excluding hydrogens is 320 g/mol. The van der Waals surface area contributed by atoms with E-state index in [1.807, 2.05) is 12.1 Å². The summed E-state index contributed by atoms with van der Waals surface area (Å²) in [5.74, 6) is -0.859. The van der Waals surface area contributed by atoms with Gasteiger partial charge in [0.15, 0.2) is 6.61 Å². The number of rotatable bonds is 6. The van der Waals surface area contributed by atoms with Crippen LogP contribution in [0.1, 0.15) is 42.4 Å². The van der Waals surface area contributed by atoms with E-state index in [1.54, 1.807) is 30.5 Å². The second-order valence-electron chi connectivity index (χ2n) is 6.69. The first-order valence-corrected chi connectivity index (χ1v) is 7.94. The van der Waals surface area contributed by atoms with Crippen molar-refractivity contribution < 1.29 is 19.4 Å². The molecule has 0 saturated carbocycles. The van der Waals surface area contributed by atoms with E-state index in [9.17, 15) is 9.59 Å². The third-order valence-electron chi connectivity index (χ3n) is 3.58. The molecule has 0 bridgehead atoms. The van der Waals surface area contributed by atoms with Crippen LogP contribution in [-0.2, 0) is 16.8 Å².